The van der Waals surface area contributed by atoms with Crippen molar-refractivity contribution in [3.63, 3.8) is 0 Å². The molecule has 1 unspecified atom stereocenters. The number of amides is 1. The molecule has 2 aromatic rings. The fourth-order valence-electron chi connectivity index (χ4n) is 5.22. The van der Waals surface area contributed by atoms with Gasteiger partial charge >= 0.3 is 0 Å². The minimum Gasteiger partial charge on any atom is -0.364 e. The van der Waals surface area contributed by atoms with Crippen molar-refractivity contribution in [2.75, 3.05) is 13.1 Å². The number of hydrogen-bond donors (Lipinski definition) is 0. The SMILES string of the molecule is O=C(N1CCC2(C1)OCc1ccccc12)C1(c2ccc(C3CC3)cc2)CC1. The Morgan fingerprint density at radius 3 is 2.52 bits per heavy atom. The summed E-state index contributed by atoms with van der Waals surface area (Å²) in [7, 11) is 0. The summed E-state index contributed by atoms with van der Waals surface area (Å²) < 4.78 is 6.25. The molecule has 3 heteroatoms. The predicted octanol–water partition coefficient (Wildman–Crippen LogP) is 4.25. The van der Waals surface area contributed by atoms with Crippen LogP contribution in [-0.4, -0.2) is 23.9 Å². The Kier molecular flexibility index (Phi) is 3.20. The Hall–Kier alpha value is -2.13. The van der Waals surface area contributed by atoms with Gasteiger partial charge in [0, 0.05) is 6.54 Å². The molecular formula is C24H25NO2. The maximum atomic E-state index is 13.5. The van der Waals surface area contributed by atoms with Gasteiger partial charge in [0.25, 0.3) is 0 Å². The van der Waals surface area contributed by atoms with E-state index in [1.807, 2.05) is 0 Å². The molecule has 2 saturated carbocycles. The number of benzene rings is 2. The van der Waals surface area contributed by atoms with Crippen molar-refractivity contribution >= 4 is 5.91 Å². The summed E-state index contributed by atoms with van der Waals surface area (Å²) in [5.74, 6) is 1.08. The van der Waals surface area contributed by atoms with Crippen LogP contribution < -0.4 is 0 Å². The average Bonchev–Trinajstić information content (AvgIpc) is 3.64. The number of likely N-dealkylation sites (tertiary alicyclic amines) is 1. The Bertz CT molecular complexity index is 910. The van der Waals surface area contributed by atoms with Crippen molar-refractivity contribution in [2.24, 2.45) is 0 Å². The van der Waals surface area contributed by atoms with E-state index in [2.05, 4.69) is 53.4 Å². The lowest BCUT2D eigenvalue weighted by atomic mass is 9.91. The molecule has 3 nitrogen and oxygen atoms in total. The minimum absolute atomic E-state index is 0.272. The van der Waals surface area contributed by atoms with E-state index >= 15 is 0 Å². The zero-order chi connectivity index (χ0) is 18.1. The van der Waals surface area contributed by atoms with Crippen LogP contribution in [0.1, 0.15) is 60.3 Å². The molecule has 2 aliphatic heterocycles. The number of carbonyl (C=O) groups is 1. The monoisotopic (exact) mass is 359 g/mol. The number of rotatable bonds is 3. The highest BCUT2D eigenvalue weighted by molar-refractivity contribution is 5.91. The Morgan fingerprint density at radius 1 is 1.00 bits per heavy atom. The van der Waals surface area contributed by atoms with E-state index in [-0.39, 0.29) is 11.0 Å². The van der Waals surface area contributed by atoms with Gasteiger partial charge in [-0.05, 0) is 60.3 Å². The third-order valence-electron chi connectivity index (χ3n) is 7.20. The summed E-state index contributed by atoms with van der Waals surface area (Å²) in [6.07, 6.45) is 5.51. The first-order valence-electron chi connectivity index (χ1n) is 10.3. The van der Waals surface area contributed by atoms with Crippen LogP contribution in [0.2, 0.25) is 0 Å². The third kappa shape index (κ3) is 2.34. The predicted molar refractivity (Wildman–Crippen MR) is 103 cm³/mol. The summed E-state index contributed by atoms with van der Waals surface area (Å²) in [5.41, 5.74) is 4.68. The van der Waals surface area contributed by atoms with E-state index in [0.717, 1.165) is 31.7 Å². The van der Waals surface area contributed by atoms with E-state index in [4.69, 9.17) is 4.74 Å². The topological polar surface area (TPSA) is 29.5 Å². The van der Waals surface area contributed by atoms with E-state index in [9.17, 15) is 4.79 Å². The van der Waals surface area contributed by atoms with Gasteiger partial charge in [-0.1, -0.05) is 48.5 Å². The molecule has 2 heterocycles. The van der Waals surface area contributed by atoms with Crippen LogP contribution in [0, 0.1) is 0 Å². The van der Waals surface area contributed by atoms with Crippen molar-refractivity contribution in [2.45, 2.75) is 55.6 Å². The van der Waals surface area contributed by atoms with E-state index in [1.54, 1.807) is 0 Å². The van der Waals surface area contributed by atoms with Gasteiger partial charge in [-0.15, -0.1) is 0 Å². The average molecular weight is 359 g/mol. The van der Waals surface area contributed by atoms with E-state index < -0.39 is 0 Å². The second-order valence-corrected chi connectivity index (χ2v) is 8.90. The molecule has 0 N–H and O–H groups in total. The van der Waals surface area contributed by atoms with Crippen LogP contribution in [-0.2, 0) is 27.2 Å². The molecule has 4 aliphatic rings. The molecule has 2 aromatic carbocycles. The first-order chi connectivity index (χ1) is 13.2. The second kappa shape index (κ2) is 5.45. The Balaban J connectivity index is 1.25. The zero-order valence-corrected chi connectivity index (χ0v) is 15.6. The summed E-state index contributed by atoms with van der Waals surface area (Å²) in [6, 6.07) is 17.4. The molecule has 1 atom stereocenters. The highest BCUT2D eigenvalue weighted by Gasteiger charge is 2.56. The number of ether oxygens (including phenoxy) is 1. The second-order valence-electron chi connectivity index (χ2n) is 8.90. The molecule has 1 amide bonds. The smallest absolute Gasteiger partial charge is 0.233 e. The summed E-state index contributed by atoms with van der Waals surface area (Å²) >= 11 is 0. The van der Waals surface area contributed by atoms with Crippen molar-refractivity contribution in [1.82, 2.24) is 4.90 Å². The first-order valence-corrected chi connectivity index (χ1v) is 10.3. The molecular weight excluding hydrogens is 334 g/mol. The largest absolute Gasteiger partial charge is 0.364 e. The lowest BCUT2D eigenvalue weighted by Crippen LogP contribution is -2.40. The molecule has 2 aliphatic carbocycles. The number of hydrogen-bond acceptors (Lipinski definition) is 2. The highest BCUT2D eigenvalue weighted by Crippen LogP contribution is 2.52. The minimum atomic E-state index is -0.280. The van der Waals surface area contributed by atoms with Gasteiger partial charge in [0.1, 0.15) is 5.60 Å². The van der Waals surface area contributed by atoms with Gasteiger partial charge in [0.05, 0.1) is 18.6 Å². The first kappa shape index (κ1) is 15.9. The maximum absolute atomic E-state index is 13.5. The fraction of sp³-hybridized carbons (Fsp3) is 0.458. The Morgan fingerprint density at radius 2 is 1.78 bits per heavy atom. The highest BCUT2D eigenvalue weighted by atomic mass is 16.5. The van der Waals surface area contributed by atoms with Gasteiger partial charge in [-0.25, -0.2) is 0 Å². The van der Waals surface area contributed by atoms with Gasteiger partial charge < -0.3 is 9.64 Å². The standard InChI is InChI=1S/C24H25NO2/c26-22(23(11-12-23)20-9-7-18(8-10-20)17-5-6-17)25-14-13-24(16-25)21-4-2-1-3-19(21)15-27-24/h1-4,7-10,17H,5-6,11-16H2. The van der Waals surface area contributed by atoms with Gasteiger partial charge in [-0.2, -0.15) is 0 Å². The van der Waals surface area contributed by atoms with Crippen molar-refractivity contribution in [3.8, 4) is 0 Å². The van der Waals surface area contributed by atoms with Gasteiger partial charge in [-0.3, -0.25) is 4.79 Å². The van der Waals surface area contributed by atoms with Crippen LogP contribution in [0.5, 0.6) is 0 Å². The van der Waals surface area contributed by atoms with Crippen LogP contribution in [0.15, 0.2) is 48.5 Å². The van der Waals surface area contributed by atoms with Crippen LogP contribution in [0.4, 0.5) is 0 Å². The van der Waals surface area contributed by atoms with E-state index in [0.29, 0.717) is 19.1 Å². The summed E-state index contributed by atoms with van der Waals surface area (Å²) in [5, 5.41) is 0. The van der Waals surface area contributed by atoms with Gasteiger partial charge in [0.2, 0.25) is 5.91 Å². The molecule has 0 radical (unpaired) electrons. The molecule has 0 aromatic heterocycles. The quantitative estimate of drug-likeness (QED) is 0.820. The molecule has 27 heavy (non-hydrogen) atoms. The molecule has 1 spiro atoms. The number of fused-ring (bicyclic) bond motifs is 2. The molecule has 3 fully saturated rings. The maximum Gasteiger partial charge on any atom is 0.233 e. The molecule has 0 bridgehead atoms. The third-order valence-corrected chi connectivity index (χ3v) is 7.20. The zero-order valence-electron chi connectivity index (χ0n) is 15.6. The van der Waals surface area contributed by atoms with E-state index in [1.165, 1.54) is 35.1 Å². The van der Waals surface area contributed by atoms with Gasteiger partial charge in [0.15, 0.2) is 0 Å². The number of carbonyl (C=O) groups excluding carboxylic acids is 1. The lowest BCUT2D eigenvalue weighted by molar-refractivity contribution is -0.134. The lowest BCUT2D eigenvalue weighted by Gasteiger charge is -2.27. The van der Waals surface area contributed by atoms with Crippen LogP contribution in [0.25, 0.3) is 0 Å². The Labute approximate surface area is 160 Å². The van der Waals surface area contributed by atoms with Crippen LogP contribution in [0.3, 0.4) is 0 Å². The van der Waals surface area contributed by atoms with Crippen molar-refractivity contribution < 1.29 is 9.53 Å². The fourth-order valence-corrected chi connectivity index (χ4v) is 5.22. The molecule has 6 rings (SSSR count). The van der Waals surface area contributed by atoms with Crippen LogP contribution >= 0.6 is 0 Å². The summed E-state index contributed by atoms with van der Waals surface area (Å²) in [4.78, 5) is 15.6. The normalized spacial score (nSPS) is 27.8. The summed E-state index contributed by atoms with van der Waals surface area (Å²) in [6.45, 7) is 2.17. The molecule has 138 valence electrons. The van der Waals surface area contributed by atoms with Crippen molar-refractivity contribution in [3.05, 3.63) is 70.8 Å². The van der Waals surface area contributed by atoms with Crippen molar-refractivity contribution in [1.29, 1.82) is 0 Å². The number of nitrogens with zero attached hydrogens (tertiary/aromatic N) is 1. The molecule has 1 saturated heterocycles.